The Balaban J connectivity index is 2.08. The predicted octanol–water partition coefficient (Wildman–Crippen LogP) is 3.53. The van der Waals surface area contributed by atoms with Gasteiger partial charge in [0, 0.05) is 18.9 Å². The Bertz CT molecular complexity index is 634. The van der Waals surface area contributed by atoms with Crippen LogP contribution in [-0.4, -0.2) is 17.1 Å². The third-order valence-corrected chi connectivity index (χ3v) is 3.72. The molecule has 0 amide bonds. The molecule has 0 N–H and O–H groups in total. The van der Waals surface area contributed by atoms with E-state index in [9.17, 15) is 5.21 Å². The van der Waals surface area contributed by atoms with Crippen molar-refractivity contribution in [2.45, 2.75) is 19.4 Å². The number of para-hydroxylation sites is 1. The fraction of sp³-hybridized carbons (Fsp3) is 0.235. The van der Waals surface area contributed by atoms with Gasteiger partial charge >= 0.3 is 0 Å². The van der Waals surface area contributed by atoms with Gasteiger partial charge in [0.1, 0.15) is 5.75 Å². The van der Waals surface area contributed by atoms with Gasteiger partial charge in [-0.15, -0.1) is 0 Å². The monoisotopic (exact) mass is 267 g/mol. The van der Waals surface area contributed by atoms with E-state index < -0.39 is 0 Å². The smallest absolute Gasteiger partial charge is 0.195 e. The van der Waals surface area contributed by atoms with Crippen LogP contribution in [0.2, 0.25) is 0 Å². The van der Waals surface area contributed by atoms with E-state index >= 15 is 0 Å². The van der Waals surface area contributed by atoms with Crippen LogP contribution in [0, 0.1) is 5.21 Å². The summed E-state index contributed by atoms with van der Waals surface area (Å²) in [5.74, 6) is 0.789. The summed E-state index contributed by atoms with van der Waals surface area (Å²) in [4.78, 5) is 0. The third-order valence-electron chi connectivity index (χ3n) is 3.72. The molecule has 0 saturated heterocycles. The van der Waals surface area contributed by atoms with Crippen LogP contribution in [0.3, 0.4) is 0 Å². The molecule has 0 aliphatic carbocycles. The van der Waals surface area contributed by atoms with Gasteiger partial charge in [0.05, 0.1) is 12.2 Å². The summed E-state index contributed by atoms with van der Waals surface area (Å²) in [5.41, 5.74) is 2.61. The first-order valence-electron chi connectivity index (χ1n) is 6.84. The lowest BCUT2D eigenvalue weighted by molar-refractivity contribution is -0.510. The number of hydroxylamine groups is 1. The number of benzene rings is 2. The van der Waals surface area contributed by atoms with Crippen LogP contribution in [0.1, 0.15) is 30.5 Å². The van der Waals surface area contributed by atoms with Gasteiger partial charge in [-0.1, -0.05) is 42.5 Å². The molecule has 1 aliphatic rings. The molecule has 20 heavy (non-hydrogen) atoms. The standard InChI is InChI=1S/C17H17NO2/c1-13-15-9-5-6-10-17(15)20-12-11-16(18(13)19)14-7-3-2-4-8-14/h2-10,16H,11-12H2,1H3/b18-13+. The molecule has 1 unspecified atom stereocenters. The van der Waals surface area contributed by atoms with Crippen LogP contribution in [0.5, 0.6) is 5.75 Å². The highest BCUT2D eigenvalue weighted by Gasteiger charge is 2.25. The maximum absolute atomic E-state index is 12.7. The minimum Gasteiger partial charge on any atom is -0.623 e. The van der Waals surface area contributed by atoms with Crippen molar-refractivity contribution in [3.8, 4) is 5.75 Å². The number of ether oxygens (including phenoxy) is 1. The molecule has 3 heteroatoms. The van der Waals surface area contributed by atoms with E-state index in [-0.39, 0.29) is 6.04 Å². The minimum atomic E-state index is -0.190. The average molecular weight is 267 g/mol. The Hall–Kier alpha value is -2.29. The van der Waals surface area contributed by atoms with Gasteiger partial charge in [0.15, 0.2) is 11.8 Å². The van der Waals surface area contributed by atoms with Gasteiger partial charge in [0.25, 0.3) is 0 Å². The number of fused-ring (bicyclic) bond motifs is 1. The fourth-order valence-corrected chi connectivity index (χ4v) is 2.62. The number of hydrogen-bond donors (Lipinski definition) is 0. The van der Waals surface area contributed by atoms with Gasteiger partial charge in [0.2, 0.25) is 0 Å². The normalized spacial score (nSPS) is 22.4. The van der Waals surface area contributed by atoms with Crippen LogP contribution in [0.15, 0.2) is 54.6 Å². The quantitative estimate of drug-likeness (QED) is 0.585. The van der Waals surface area contributed by atoms with E-state index in [1.54, 1.807) is 0 Å². The van der Waals surface area contributed by atoms with Crippen molar-refractivity contribution in [1.82, 2.24) is 0 Å². The summed E-state index contributed by atoms with van der Waals surface area (Å²) in [5, 5.41) is 12.7. The Morgan fingerprint density at radius 3 is 2.55 bits per heavy atom. The Kier molecular flexibility index (Phi) is 3.42. The molecule has 102 valence electrons. The fourth-order valence-electron chi connectivity index (χ4n) is 2.62. The lowest BCUT2D eigenvalue weighted by atomic mass is 10.0. The maximum atomic E-state index is 12.7. The van der Waals surface area contributed by atoms with Crippen LogP contribution >= 0.6 is 0 Å². The van der Waals surface area contributed by atoms with Crippen LogP contribution in [-0.2, 0) is 0 Å². The van der Waals surface area contributed by atoms with E-state index in [0.29, 0.717) is 18.7 Å². The topological polar surface area (TPSA) is 35.3 Å². The van der Waals surface area contributed by atoms with E-state index in [0.717, 1.165) is 21.6 Å². The van der Waals surface area contributed by atoms with E-state index in [4.69, 9.17) is 4.74 Å². The second kappa shape index (κ2) is 5.37. The Morgan fingerprint density at radius 1 is 1.05 bits per heavy atom. The molecule has 2 aromatic carbocycles. The molecule has 0 saturated carbocycles. The van der Waals surface area contributed by atoms with Crippen molar-refractivity contribution in [2.75, 3.05) is 6.61 Å². The summed E-state index contributed by atoms with van der Waals surface area (Å²) >= 11 is 0. The highest BCUT2D eigenvalue weighted by atomic mass is 16.5. The summed E-state index contributed by atoms with van der Waals surface area (Å²) in [7, 11) is 0. The first kappa shape index (κ1) is 12.7. The Labute approximate surface area is 118 Å². The molecule has 3 nitrogen and oxygen atoms in total. The highest BCUT2D eigenvalue weighted by molar-refractivity contribution is 5.97. The van der Waals surface area contributed by atoms with Gasteiger partial charge in [-0.25, -0.2) is 4.74 Å². The van der Waals surface area contributed by atoms with Crippen molar-refractivity contribution in [2.24, 2.45) is 0 Å². The molecule has 1 atom stereocenters. The number of nitrogens with zero attached hydrogens (tertiary/aromatic N) is 1. The maximum Gasteiger partial charge on any atom is 0.195 e. The average Bonchev–Trinajstić information content (AvgIpc) is 2.50. The molecular weight excluding hydrogens is 250 g/mol. The van der Waals surface area contributed by atoms with Crippen molar-refractivity contribution >= 4 is 5.71 Å². The number of hydrogen-bond acceptors (Lipinski definition) is 2. The van der Waals surface area contributed by atoms with E-state index in [1.807, 2.05) is 61.5 Å². The van der Waals surface area contributed by atoms with Crippen LogP contribution in [0.4, 0.5) is 0 Å². The summed E-state index contributed by atoms with van der Waals surface area (Å²) in [6, 6.07) is 17.4. The summed E-state index contributed by atoms with van der Waals surface area (Å²) in [6.07, 6.45) is 0.680. The molecular formula is C17H17NO2. The number of rotatable bonds is 1. The van der Waals surface area contributed by atoms with Crippen molar-refractivity contribution in [3.63, 3.8) is 0 Å². The largest absolute Gasteiger partial charge is 0.623 e. The zero-order chi connectivity index (χ0) is 13.9. The summed E-state index contributed by atoms with van der Waals surface area (Å²) < 4.78 is 6.93. The minimum absolute atomic E-state index is 0.190. The molecule has 0 spiro atoms. The molecule has 3 rings (SSSR count). The molecule has 1 aliphatic heterocycles. The Morgan fingerprint density at radius 2 is 1.75 bits per heavy atom. The highest BCUT2D eigenvalue weighted by Crippen LogP contribution is 2.27. The lowest BCUT2D eigenvalue weighted by Gasteiger charge is -2.23. The molecule has 1 heterocycles. The predicted molar refractivity (Wildman–Crippen MR) is 79.1 cm³/mol. The van der Waals surface area contributed by atoms with Gasteiger partial charge in [-0.3, -0.25) is 0 Å². The van der Waals surface area contributed by atoms with Crippen molar-refractivity contribution < 1.29 is 9.48 Å². The molecule has 0 aromatic heterocycles. The van der Waals surface area contributed by atoms with E-state index in [2.05, 4.69) is 0 Å². The van der Waals surface area contributed by atoms with Gasteiger partial charge in [-0.2, -0.15) is 0 Å². The second-order valence-corrected chi connectivity index (χ2v) is 4.97. The molecule has 0 fully saturated rings. The third kappa shape index (κ3) is 2.27. The van der Waals surface area contributed by atoms with Gasteiger partial charge in [-0.05, 0) is 12.1 Å². The van der Waals surface area contributed by atoms with Crippen LogP contribution in [0.25, 0.3) is 0 Å². The van der Waals surface area contributed by atoms with Crippen molar-refractivity contribution in [3.05, 3.63) is 70.9 Å². The molecule has 0 radical (unpaired) electrons. The first-order valence-corrected chi connectivity index (χ1v) is 6.84. The molecule has 2 aromatic rings. The van der Waals surface area contributed by atoms with Crippen LogP contribution < -0.4 is 4.74 Å². The van der Waals surface area contributed by atoms with E-state index in [1.165, 1.54) is 0 Å². The molecule has 0 bridgehead atoms. The zero-order valence-electron chi connectivity index (χ0n) is 11.5. The SMILES string of the molecule is C/C1=[N+](\[O-])C(c2ccccc2)CCOc2ccccc21. The zero-order valence-corrected chi connectivity index (χ0v) is 11.5. The lowest BCUT2D eigenvalue weighted by Crippen LogP contribution is -2.25. The second-order valence-electron chi connectivity index (χ2n) is 4.97. The summed E-state index contributed by atoms with van der Waals surface area (Å²) in [6.45, 7) is 2.40. The first-order chi connectivity index (χ1) is 9.77. The van der Waals surface area contributed by atoms with Gasteiger partial charge < -0.3 is 9.94 Å². The van der Waals surface area contributed by atoms with Crippen molar-refractivity contribution in [1.29, 1.82) is 0 Å².